The lowest BCUT2D eigenvalue weighted by molar-refractivity contribution is 0.306. The fourth-order valence-electron chi connectivity index (χ4n) is 2.74. The maximum Gasteiger partial charge on any atom is 0.245 e. The Morgan fingerprint density at radius 3 is 3.11 bits per heavy atom. The monoisotopic (exact) mass is 259 g/mol. The third-order valence-corrected chi connectivity index (χ3v) is 4.18. The minimum absolute atomic E-state index is 0.544. The van der Waals surface area contributed by atoms with Crippen molar-refractivity contribution in [3.63, 3.8) is 0 Å². The van der Waals surface area contributed by atoms with Crippen molar-refractivity contribution in [2.24, 2.45) is 17.6 Å². The second kappa shape index (κ2) is 4.81. The van der Waals surface area contributed by atoms with Crippen LogP contribution >= 0.6 is 0 Å². The molecule has 19 heavy (non-hydrogen) atoms. The van der Waals surface area contributed by atoms with E-state index in [0.717, 1.165) is 37.7 Å². The summed E-state index contributed by atoms with van der Waals surface area (Å²) in [7, 11) is 0. The normalized spacial score (nSPS) is 24.1. The zero-order chi connectivity index (χ0) is 13.4. The van der Waals surface area contributed by atoms with Gasteiger partial charge in [0.25, 0.3) is 0 Å². The van der Waals surface area contributed by atoms with E-state index in [9.17, 15) is 0 Å². The summed E-state index contributed by atoms with van der Waals surface area (Å²) < 4.78 is 1.85. The standard InChI is InChI=1S/C14H21N5/c1-10-3-6-19-13(7-10)16-14(17-19)18-5-4-11(2)12(8-15)9-18/h3,6-7,11-12H,4-5,8-9,15H2,1-2H3. The molecule has 2 N–H and O–H groups in total. The zero-order valence-corrected chi connectivity index (χ0v) is 11.6. The van der Waals surface area contributed by atoms with Crippen LogP contribution in [0, 0.1) is 18.8 Å². The number of hydrogen-bond donors (Lipinski definition) is 1. The molecule has 2 aromatic rings. The summed E-state index contributed by atoms with van der Waals surface area (Å²) in [4.78, 5) is 6.89. The van der Waals surface area contributed by atoms with Crippen molar-refractivity contribution < 1.29 is 0 Å². The van der Waals surface area contributed by atoms with Crippen LogP contribution in [0.4, 0.5) is 5.95 Å². The van der Waals surface area contributed by atoms with E-state index in [1.165, 1.54) is 5.56 Å². The molecule has 0 spiro atoms. The summed E-state index contributed by atoms with van der Waals surface area (Å²) in [6, 6.07) is 4.11. The maximum absolute atomic E-state index is 5.86. The van der Waals surface area contributed by atoms with E-state index in [1.807, 2.05) is 16.8 Å². The van der Waals surface area contributed by atoms with Gasteiger partial charge in [-0.2, -0.15) is 4.98 Å². The first kappa shape index (κ1) is 12.4. The molecule has 5 heteroatoms. The Morgan fingerprint density at radius 2 is 2.32 bits per heavy atom. The lowest BCUT2D eigenvalue weighted by Gasteiger charge is -2.35. The molecule has 2 aromatic heterocycles. The largest absolute Gasteiger partial charge is 0.339 e. The molecule has 2 atom stereocenters. The summed E-state index contributed by atoms with van der Waals surface area (Å²) in [5.41, 5.74) is 7.98. The van der Waals surface area contributed by atoms with Gasteiger partial charge in [-0.25, -0.2) is 4.52 Å². The predicted molar refractivity (Wildman–Crippen MR) is 76.3 cm³/mol. The Labute approximate surface area is 113 Å². The molecule has 1 saturated heterocycles. The van der Waals surface area contributed by atoms with Gasteiger partial charge in [-0.3, -0.25) is 0 Å². The number of hydrogen-bond acceptors (Lipinski definition) is 4. The number of pyridine rings is 1. The van der Waals surface area contributed by atoms with E-state index in [-0.39, 0.29) is 0 Å². The predicted octanol–water partition coefficient (Wildman–Crippen LogP) is 1.46. The van der Waals surface area contributed by atoms with Crippen molar-refractivity contribution in [2.45, 2.75) is 20.3 Å². The number of nitrogens with two attached hydrogens (primary N) is 1. The fraction of sp³-hybridized carbons (Fsp3) is 0.571. The number of nitrogens with zero attached hydrogens (tertiary/aromatic N) is 4. The van der Waals surface area contributed by atoms with Crippen molar-refractivity contribution >= 4 is 11.6 Å². The van der Waals surface area contributed by atoms with Crippen molar-refractivity contribution in [3.8, 4) is 0 Å². The quantitative estimate of drug-likeness (QED) is 0.887. The van der Waals surface area contributed by atoms with Crippen LogP contribution in [0.25, 0.3) is 5.65 Å². The highest BCUT2D eigenvalue weighted by Crippen LogP contribution is 2.25. The van der Waals surface area contributed by atoms with Gasteiger partial charge in [0.15, 0.2) is 5.65 Å². The molecule has 102 valence electrons. The van der Waals surface area contributed by atoms with Gasteiger partial charge in [0.05, 0.1) is 0 Å². The molecular formula is C14H21N5. The van der Waals surface area contributed by atoms with Crippen molar-refractivity contribution in [2.75, 3.05) is 24.5 Å². The van der Waals surface area contributed by atoms with E-state index in [2.05, 4.69) is 34.9 Å². The van der Waals surface area contributed by atoms with Crippen molar-refractivity contribution in [1.29, 1.82) is 0 Å². The van der Waals surface area contributed by atoms with Gasteiger partial charge in [0.2, 0.25) is 5.95 Å². The van der Waals surface area contributed by atoms with Gasteiger partial charge in [0.1, 0.15) is 0 Å². The average Bonchev–Trinajstić information content (AvgIpc) is 2.82. The first-order valence-electron chi connectivity index (χ1n) is 6.95. The third kappa shape index (κ3) is 2.30. The van der Waals surface area contributed by atoms with Gasteiger partial charge in [-0.05, 0) is 49.4 Å². The lowest BCUT2D eigenvalue weighted by atomic mass is 9.87. The van der Waals surface area contributed by atoms with E-state index in [1.54, 1.807) is 0 Å². The Hall–Kier alpha value is -1.62. The molecule has 1 fully saturated rings. The van der Waals surface area contributed by atoms with Crippen LogP contribution < -0.4 is 10.6 Å². The summed E-state index contributed by atoms with van der Waals surface area (Å²) in [5.74, 6) is 2.07. The van der Waals surface area contributed by atoms with Crippen LogP contribution in [-0.4, -0.2) is 34.2 Å². The van der Waals surface area contributed by atoms with Crippen molar-refractivity contribution in [1.82, 2.24) is 14.6 Å². The molecule has 0 saturated carbocycles. The molecule has 0 aromatic carbocycles. The fourth-order valence-corrected chi connectivity index (χ4v) is 2.74. The molecule has 3 rings (SSSR count). The number of rotatable bonds is 2. The van der Waals surface area contributed by atoms with Crippen LogP contribution in [0.5, 0.6) is 0 Å². The Bertz CT molecular complexity index is 576. The minimum Gasteiger partial charge on any atom is -0.339 e. The van der Waals surface area contributed by atoms with E-state index in [0.29, 0.717) is 11.8 Å². The highest BCUT2D eigenvalue weighted by molar-refractivity contribution is 5.46. The molecule has 1 aliphatic heterocycles. The summed E-state index contributed by atoms with van der Waals surface area (Å²) in [5, 5.41) is 4.56. The number of aryl methyl sites for hydroxylation is 1. The van der Waals surface area contributed by atoms with E-state index >= 15 is 0 Å². The number of aromatic nitrogens is 3. The molecule has 0 radical (unpaired) electrons. The SMILES string of the molecule is Cc1ccn2nc(N3CCC(C)C(CN)C3)nc2c1. The van der Waals surface area contributed by atoms with Crippen LogP contribution in [-0.2, 0) is 0 Å². The second-order valence-corrected chi connectivity index (χ2v) is 5.63. The Morgan fingerprint density at radius 1 is 1.47 bits per heavy atom. The van der Waals surface area contributed by atoms with Gasteiger partial charge >= 0.3 is 0 Å². The molecule has 2 unspecified atom stereocenters. The van der Waals surface area contributed by atoms with Crippen LogP contribution in [0.2, 0.25) is 0 Å². The summed E-state index contributed by atoms with van der Waals surface area (Å²) in [6.45, 7) is 7.09. The number of anilines is 1. The minimum atomic E-state index is 0.544. The summed E-state index contributed by atoms with van der Waals surface area (Å²) >= 11 is 0. The molecule has 3 heterocycles. The molecule has 1 aliphatic rings. The van der Waals surface area contributed by atoms with Gasteiger partial charge in [0, 0.05) is 19.3 Å². The third-order valence-electron chi connectivity index (χ3n) is 4.18. The first-order chi connectivity index (χ1) is 9.17. The van der Waals surface area contributed by atoms with Gasteiger partial charge < -0.3 is 10.6 Å². The van der Waals surface area contributed by atoms with Gasteiger partial charge in [-0.1, -0.05) is 6.92 Å². The molecule has 5 nitrogen and oxygen atoms in total. The maximum atomic E-state index is 5.86. The highest BCUT2D eigenvalue weighted by atomic mass is 15.4. The molecule has 0 bridgehead atoms. The van der Waals surface area contributed by atoms with Gasteiger partial charge in [-0.15, -0.1) is 5.10 Å². The van der Waals surface area contributed by atoms with Crippen molar-refractivity contribution in [3.05, 3.63) is 23.9 Å². The second-order valence-electron chi connectivity index (χ2n) is 5.63. The van der Waals surface area contributed by atoms with Crippen LogP contribution in [0.15, 0.2) is 18.3 Å². The van der Waals surface area contributed by atoms with E-state index < -0.39 is 0 Å². The Balaban J connectivity index is 1.87. The topological polar surface area (TPSA) is 59.5 Å². The number of fused-ring (bicyclic) bond motifs is 1. The Kier molecular flexibility index (Phi) is 3.14. The van der Waals surface area contributed by atoms with Crippen LogP contribution in [0.3, 0.4) is 0 Å². The molecular weight excluding hydrogens is 238 g/mol. The highest BCUT2D eigenvalue weighted by Gasteiger charge is 2.27. The zero-order valence-electron chi connectivity index (χ0n) is 11.6. The number of piperidine rings is 1. The lowest BCUT2D eigenvalue weighted by Crippen LogP contribution is -2.43. The molecule has 0 amide bonds. The average molecular weight is 259 g/mol. The molecule has 0 aliphatic carbocycles. The van der Waals surface area contributed by atoms with E-state index in [4.69, 9.17) is 5.73 Å². The summed E-state index contributed by atoms with van der Waals surface area (Å²) in [6.07, 6.45) is 3.13. The first-order valence-corrected chi connectivity index (χ1v) is 6.95. The van der Waals surface area contributed by atoms with Crippen LogP contribution in [0.1, 0.15) is 18.9 Å². The smallest absolute Gasteiger partial charge is 0.245 e.